The van der Waals surface area contributed by atoms with Gasteiger partial charge >= 0.3 is 0 Å². The Hall–Kier alpha value is -8.86. The van der Waals surface area contributed by atoms with Crippen LogP contribution in [0, 0.1) is 11.6 Å². The van der Waals surface area contributed by atoms with Crippen LogP contribution >= 0.6 is 0 Å². The van der Waals surface area contributed by atoms with Gasteiger partial charge in [0.1, 0.15) is 11.6 Å². The standard InChI is InChI=1S/C70H50F2N2/c1-69(2)57-41-47(73(45-25-13-7-14-26-45)67-49(29-19-35-59(67)71)43-21-9-5-10-22-43)37-39-51(57)63-53-31-18-34-56-62(53)61-54(32-17-33-55(61)65(63)69)64-52-40-38-48(42-58(52)70(3,4)66(56)64)74(46-27-15-8-16-28-46)68-50(30-20-36-60(68)72)44-23-11-6-12-24-44/h5-42H,1-4H3. The molecular formula is C70H50F2N2. The first kappa shape index (κ1) is 43.9. The van der Waals surface area contributed by atoms with Crippen LogP contribution in [0.25, 0.3) is 76.8 Å². The average molecular weight is 957 g/mol. The second-order valence-electron chi connectivity index (χ2n) is 21.0. The molecule has 0 spiro atoms. The summed E-state index contributed by atoms with van der Waals surface area (Å²) in [6.07, 6.45) is 0. The SMILES string of the molecule is CC1(C)c2cc(N(c3ccccc3)c3c(F)cccc3-c3ccccc3)ccc2-c2c1c1cccc3c4c(c5cccc2c5c31)C(C)(C)c1cc(N(c2ccccc2)c2c(F)cccc2-c2ccccc2)ccc1-4. The molecule has 74 heavy (non-hydrogen) atoms. The molecule has 14 rings (SSSR count). The van der Waals surface area contributed by atoms with E-state index < -0.39 is 10.8 Å². The van der Waals surface area contributed by atoms with Gasteiger partial charge in [-0.2, -0.15) is 0 Å². The van der Waals surface area contributed by atoms with Crippen LogP contribution in [-0.2, 0) is 10.8 Å². The van der Waals surface area contributed by atoms with Gasteiger partial charge in [0.2, 0.25) is 0 Å². The van der Waals surface area contributed by atoms with E-state index in [-0.39, 0.29) is 11.6 Å². The molecule has 0 atom stereocenters. The van der Waals surface area contributed by atoms with Crippen LogP contribution in [0.3, 0.4) is 0 Å². The van der Waals surface area contributed by atoms with Crippen LogP contribution in [0.5, 0.6) is 0 Å². The number of anilines is 6. The molecule has 0 aromatic heterocycles. The Kier molecular flexibility index (Phi) is 9.68. The normalized spacial score (nSPS) is 13.8. The first-order chi connectivity index (χ1) is 36.1. The third-order valence-electron chi connectivity index (χ3n) is 16.2. The van der Waals surface area contributed by atoms with Crippen LogP contribution in [-0.4, -0.2) is 0 Å². The lowest BCUT2D eigenvalue weighted by atomic mass is 9.75. The largest absolute Gasteiger partial charge is 0.307 e. The molecule has 2 aliphatic carbocycles. The van der Waals surface area contributed by atoms with E-state index in [9.17, 15) is 0 Å². The molecule has 2 aliphatic rings. The van der Waals surface area contributed by atoms with Crippen molar-refractivity contribution in [2.45, 2.75) is 38.5 Å². The van der Waals surface area contributed by atoms with Gasteiger partial charge in [-0.3, -0.25) is 0 Å². The molecule has 0 N–H and O–H groups in total. The Bertz CT molecular complexity index is 3930. The summed E-state index contributed by atoms with van der Waals surface area (Å²) in [6.45, 7) is 9.44. The van der Waals surface area contributed by atoms with Crippen molar-refractivity contribution < 1.29 is 8.78 Å². The molecule has 0 aliphatic heterocycles. The molecule has 0 saturated carbocycles. The first-order valence-corrected chi connectivity index (χ1v) is 25.6. The molecule has 0 saturated heterocycles. The fourth-order valence-electron chi connectivity index (χ4n) is 13.1. The van der Waals surface area contributed by atoms with Crippen molar-refractivity contribution in [3.8, 4) is 44.5 Å². The smallest absolute Gasteiger partial charge is 0.147 e. The molecule has 12 aromatic carbocycles. The topological polar surface area (TPSA) is 6.48 Å². The number of fused-ring (bicyclic) bond motifs is 10. The minimum absolute atomic E-state index is 0.286. The Balaban J connectivity index is 0.967. The fourth-order valence-corrected chi connectivity index (χ4v) is 13.1. The van der Waals surface area contributed by atoms with Crippen molar-refractivity contribution in [2.75, 3.05) is 9.80 Å². The number of hydrogen-bond acceptors (Lipinski definition) is 2. The number of nitrogens with zero attached hydrogens (tertiary/aromatic N) is 2. The van der Waals surface area contributed by atoms with Gasteiger partial charge < -0.3 is 9.80 Å². The Labute approximate surface area is 430 Å². The maximum atomic E-state index is 16.7. The van der Waals surface area contributed by atoms with E-state index in [1.54, 1.807) is 24.3 Å². The zero-order chi connectivity index (χ0) is 50.0. The zero-order valence-electron chi connectivity index (χ0n) is 41.6. The van der Waals surface area contributed by atoms with Gasteiger partial charge in [-0.25, -0.2) is 8.78 Å². The average Bonchev–Trinajstić information content (AvgIpc) is 3.91. The summed E-state index contributed by atoms with van der Waals surface area (Å²) < 4.78 is 33.4. The predicted octanol–water partition coefficient (Wildman–Crippen LogP) is 19.7. The summed E-state index contributed by atoms with van der Waals surface area (Å²) in [5.74, 6) is -0.573. The highest BCUT2D eigenvalue weighted by atomic mass is 19.1. The van der Waals surface area contributed by atoms with Gasteiger partial charge in [0.25, 0.3) is 0 Å². The van der Waals surface area contributed by atoms with Gasteiger partial charge in [0, 0.05) is 44.7 Å². The highest BCUT2D eigenvalue weighted by Gasteiger charge is 2.43. The highest BCUT2D eigenvalue weighted by molar-refractivity contribution is 6.33. The lowest BCUT2D eigenvalue weighted by Crippen LogP contribution is -2.18. The molecule has 2 nitrogen and oxygen atoms in total. The van der Waals surface area contributed by atoms with E-state index in [2.05, 4.69) is 135 Å². The molecule has 0 radical (unpaired) electrons. The molecule has 0 heterocycles. The molecule has 4 heteroatoms. The van der Waals surface area contributed by atoms with Crippen molar-refractivity contribution in [3.05, 3.63) is 264 Å². The molecule has 12 aromatic rings. The fraction of sp³-hybridized carbons (Fsp3) is 0.0857. The van der Waals surface area contributed by atoms with Gasteiger partial charge in [0.15, 0.2) is 0 Å². The van der Waals surface area contributed by atoms with E-state index in [0.29, 0.717) is 11.4 Å². The monoisotopic (exact) mass is 956 g/mol. The predicted molar refractivity (Wildman–Crippen MR) is 305 cm³/mol. The molecule has 0 unspecified atom stereocenters. The summed E-state index contributed by atoms with van der Waals surface area (Å²) >= 11 is 0. The minimum Gasteiger partial charge on any atom is -0.307 e. The van der Waals surface area contributed by atoms with Gasteiger partial charge in [0.05, 0.1) is 11.4 Å². The van der Waals surface area contributed by atoms with Crippen molar-refractivity contribution in [1.29, 1.82) is 0 Å². The van der Waals surface area contributed by atoms with Gasteiger partial charge in [-0.05, 0) is 149 Å². The molecule has 0 fully saturated rings. The third kappa shape index (κ3) is 6.27. The lowest BCUT2D eigenvalue weighted by molar-refractivity contribution is 0.629. The quantitative estimate of drug-likeness (QED) is 0.140. The molecule has 354 valence electrons. The maximum absolute atomic E-state index is 16.7. The summed E-state index contributed by atoms with van der Waals surface area (Å²) in [6, 6.07) is 78.6. The molecule has 0 bridgehead atoms. The van der Waals surface area contributed by atoms with Crippen LogP contribution in [0.15, 0.2) is 231 Å². The first-order valence-electron chi connectivity index (χ1n) is 25.6. The Morgan fingerprint density at radius 2 is 0.662 bits per heavy atom. The van der Waals surface area contributed by atoms with Crippen LogP contribution in [0.2, 0.25) is 0 Å². The lowest BCUT2D eigenvalue weighted by Gasteiger charge is -2.30. The van der Waals surface area contributed by atoms with Gasteiger partial charge in [-0.15, -0.1) is 0 Å². The number of benzene rings is 12. The second kappa shape index (κ2) is 16.3. The van der Waals surface area contributed by atoms with E-state index in [1.165, 1.54) is 76.8 Å². The van der Waals surface area contributed by atoms with E-state index in [4.69, 9.17) is 0 Å². The summed E-state index contributed by atoms with van der Waals surface area (Å²) in [5.41, 5.74) is 17.2. The second-order valence-corrected chi connectivity index (χ2v) is 21.0. The summed E-state index contributed by atoms with van der Waals surface area (Å²) in [5, 5.41) is 7.52. The Morgan fingerprint density at radius 1 is 0.311 bits per heavy atom. The van der Waals surface area contributed by atoms with Crippen molar-refractivity contribution in [2.24, 2.45) is 0 Å². The summed E-state index contributed by atoms with van der Waals surface area (Å²) in [7, 11) is 0. The van der Waals surface area contributed by atoms with Gasteiger partial charge in [-0.1, -0.05) is 198 Å². The van der Waals surface area contributed by atoms with Crippen molar-refractivity contribution >= 4 is 66.4 Å². The van der Waals surface area contributed by atoms with Crippen LogP contribution < -0.4 is 9.80 Å². The summed E-state index contributed by atoms with van der Waals surface area (Å²) in [4.78, 5) is 4.18. The number of hydrogen-bond donors (Lipinski definition) is 0. The number of halogens is 2. The zero-order valence-corrected chi connectivity index (χ0v) is 41.6. The third-order valence-corrected chi connectivity index (χ3v) is 16.2. The Morgan fingerprint density at radius 3 is 1.05 bits per heavy atom. The van der Waals surface area contributed by atoms with Crippen molar-refractivity contribution in [3.63, 3.8) is 0 Å². The van der Waals surface area contributed by atoms with Crippen LogP contribution in [0.1, 0.15) is 49.9 Å². The highest BCUT2D eigenvalue weighted by Crippen LogP contribution is 2.62. The van der Waals surface area contributed by atoms with Crippen molar-refractivity contribution in [1.82, 2.24) is 0 Å². The number of para-hydroxylation sites is 4. The number of rotatable bonds is 8. The van der Waals surface area contributed by atoms with E-state index >= 15 is 8.78 Å². The molecular weight excluding hydrogens is 907 g/mol. The van der Waals surface area contributed by atoms with E-state index in [1.807, 2.05) is 109 Å². The minimum atomic E-state index is -0.425. The molecule has 0 amide bonds. The van der Waals surface area contributed by atoms with Crippen LogP contribution in [0.4, 0.5) is 42.9 Å². The van der Waals surface area contributed by atoms with E-state index in [0.717, 1.165) is 45.0 Å². The maximum Gasteiger partial charge on any atom is 0.147 e.